The summed E-state index contributed by atoms with van der Waals surface area (Å²) in [7, 11) is 0. The monoisotopic (exact) mass is 465 g/mol. The lowest BCUT2D eigenvalue weighted by atomic mass is 10.1. The second kappa shape index (κ2) is 9.67. The van der Waals surface area contributed by atoms with E-state index in [1.54, 1.807) is 0 Å². The van der Waals surface area contributed by atoms with Crippen LogP contribution in [0.15, 0.2) is 60.8 Å². The zero-order valence-corrected chi connectivity index (χ0v) is 21.5. The third kappa shape index (κ3) is 4.25. The molecule has 5 heteroatoms. The topological polar surface area (TPSA) is 38.4 Å². The quantitative estimate of drug-likeness (QED) is 0.273. The van der Waals surface area contributed by atoms with Gasteiger partial charge in [-0.15, -0.1) is 0 Å². The average Bonchev–Trinajstić information content (AvgIpc) is 3.36. The van der Waals surface area contributed by atoms with Crippen LogP contribution in [-0.2, 0) is 19.4 Å². The Hall–Kier alpha value is -3.44. The van der Waals surface area contributed by atoms with E-state index in [0.29, 0.717) is 0 Å². The highest BCUT2D eigenvalue weighted by Crippen LogP contribution is 2.31. The Labute approximate surface area is 208 Å². The number of hydrogen-bond donors (Lipinski definition) is 0. The van der Waals surface area contributed by atoms with Gasteiger partial charge in [0.15, 0.2) is 5.65 Å². The van der Waals surface area contributed by atoms with Gasteiger partial charge >= 0.3 is 0 Å². The number of nitrogens with zero attached hydrogens (tertiary/aromatic N) is 5. The Balaban J connectivity index is 1.64. The predicted octanol–water partition coefficient (Wildman–Crippen LogP) is 6.23. The first-order valence-electron chi connectivity index (χ1n) is 12.7. The van der Waals surface area contributed by atoms with Gasteiger partial charge in [-0.05, 0) is 69.0 Å². The Bertz CT molecular complexity index is 1450. The summed E-state index contributed by atoms with van der Waals surface area (Å²) in [6, 6.07) is 19.5. The maximum atomic E-state index is 5.21. The van der Waals surface area contributed by atoms with Gasteiger partial charge in [-0.2, -0.15) is 0 Å². The number of aryl methyl sites for hydroxylation is 4. The molecule has 0 radical (unpaired) electrons. The number of fused-ring (bicyclic) bond motifs is 3. The molecule has 3 heterocycles. The van der Waals surface area contributed by atoms with E-state index < -0.39 is 0 Å². The number of benzene rings is 2. The van der Waals surface area contributed by atoms with Crippen molar-refractivity contribution in [2.24, 2.45) is 0 Å². The van der Waals surface area contributed by atoms with Gasteiger partial charge in [-0.1, -0.05) is 61.9 Å². The highest BCUT2D eigenvalue weighted by atomic mass is 15.3. The van der Waals surface area contributed by atoms with Gasteiger partial charge in [0.1, 0.15) is 0 Å². The molecule has 0 unspecified atom stereocenters. The second-order valence-corrected chi connectivity index (χ2v) is 9.53. The molecule has 0 amide bonds. The molecule has 180 valence electrons. The van der Waals surface area contributed by atoms with Crippen molar-refractivity contribution in [3.8, 4) is 5.69 Å². The van der Waals surface area contributed by atoms with Crippen LogP contribution in [0.1, 0.15) is 47.5 Å². The molecule has 0 aliphatic carbocycles. The summed E-state index contributed by atoms with van der Waals surface area (Å²) in [5, 5.41) is 0. The molecule has 0 fully saturated rings. The fourth-order valence-corrected chi connectivity index (χ4v) is 5.39. The lowest BCUT2D eigenvalue weighted by molar-refractivity contribution is 0.279. The van der Waals surface area contributed by atoms with Crippen molar-refractivity contribution in [3.63, 3.8) is 0 Å². The molecule has 3 aromatic heterocycles. The van der Waals surface area contributed by atoms with Crippen LogP contribution in [0.5, 0.6) is 0 Å². The molecule has 0 saturated carbocycles. The van der Waals surface area contributed by atoms with Crippen molar-refractivity contribution in [1.29, 1.82) is 0 Å². The van der Waals surface area contributed by atoms with Crippen LogP contribution in [0, 0.1) is 20.8 Å². The normalized spacial score (nSPS) is 11.8. The van der Waals surface area contributed by atoms with Crippen LogP contribution in [-0.4, -0.2) is 36.9 Å². The van der Waals surface area contributed by atoms with Crippen LogP contribution in [0.3, 0.4) is 0 Å². The summed E-state index contributed by atoms with van der Waals surface area (Å²) in [5.74, 6) is 0.958. The minimum Gasteiger partial charge on any atom is -0.297 e. The fourth-order valence-electron chi connectivity index (χ4n) is 5.39. The van der Waals surface area contributed by atoms with Gasteiger partial charge in [0.2, 0.25) is 5.78 Å². The summed E-state index contributed by atoms with van der Waals surface area (Å²) in [6.07, 6.45) is 3.83. The zero-order valence-electron chi connectivity index (χ0n) is 21.5. The van der Waals surface area contributed by atoms with Crippen molar-refractivity contribution in [1.82, 2.24) is 23.8 Å². The lowest BCUT2D eigenvalue weighted by Crippen LogP contribution is -2.26. The Kier molecular flexibility index (Phi) is 6.44. The molecular formula is C30H35N5. The van der Waals surface area contributed by atoms with E-state index in [1.807, 2.05) is 12.3 Å². The number of pyridine rings is 1. The fraction of sp³-hybridized carbons (Fsp3) is 0.333. The molecule has 5 nitrogen and oxygen atoms in total. The minimum absolute atomic E-state index is 0.869. The predicted molar refractivity (Wildman–Crippen MR) is 145 cm³/mol. The molecule has 5 aromatic rings. The first-order chi connectivity index (χ1) is 17.0. The largest absolute Gasteiger partial charge is 0.297 e. The van der Waals surface area contributed by atoms with Crippen molar-refractivity contribution in [3.05, 3.63) is 94.4 Å². The van der Waals surface area contributed by atoms with Gasteiger partial charge in [-0.3, -0.25) is 13.9 Å². The van der Waals surface area contributed by atoms with Crippen LogP contribution in [0.4, 0.5) is 0 Å². The van der Waals surface area contributed by atoms with Gasteiger partial charge < -0.3 is 0 Å². The van der Waals surface area contributed by atoms with Crippen molar-refractivity contribution < 1.29 is 0 Å². The average molecular weight is 466 g/mol. The van der Waals surface area contributed by atoms with Crippen molar-refractivity contribution in [2.75, 3.05) is 13.1 Å². The lowest BCUT2D eigenvalue weighted by Gasteiger charge is -2.20. The molecule has 0 spiro atoms. The SMILES string of the molecule is CCc1nc2n(-c3c(C)cc(C)cc3C)c3ncccc3n2c1CN(CC)CCc1ccccc1. The Morgan fingerprint density at radius 3 is 2.34 bits per heavy atom. The van der Waals surface area contributed by atoms with Crippen LogP contribution < -0.4 is 0 Å². The van der Waals surface area contributed by atoms with Gasteiger partial charge in [0.25, 0.3) is 0 Å². The summed E-state index contributed by atoms with van der Waals surface area (Å²) in [5.41, 5.74) is 10.8. The molecule has 0 N–H and O–H groups in total. The zero-order chi connectivity index (χ0) is 24.5. The highest BCUT2D eigenvalue weighted by Gasteiger charge is 2.23. The first kappa shape index (κ1) is 23.3. The number of likely N-dealkylation sites (N-methyl/N-ethyl adjacent to an activating group) is 1. The Morgan fingerprint density at radius 2 is 1.66 bits per heavy atom. The molecule has 0 atom stereocenters. The van der Waals surface area contributed by atoms with Crippen LogP contribution >= 0.6 is 0 Å². The maximum absolute atomic E-state index is 5.21. The third-order valence-corrected chi connectivity index (χ3v) is 7.03. The van der Waals surface area contributed by atoms with E-state index in [0.717, 1.165) is 49.4 Å². The standard InChI is InChI=1S/C30H35N5/c1-6-25-27(20-33(7-2)17-15-24-12-9-8-10-13-24)34-26-14-11-16-31-29(26)35(30(34)32-25)28-22(4)18-21(3)19-23(28)5/h8-14,16,18-19H,6-7,15,17,20H2,1-5H3. The molecule has 2 aromatic carbocycles. The number of rotatable bonds is 8. The number of imidazole rings is 2. The molecule has 0 aliphatic rings. The molecule has 5 rings (SSSR count). The second-order valence-electron chi connectivity index (χ2n) is 9.53. The summed E-state index contributed by atoms with van der Waals surface area (Å²) in [4.78, 5) is 12.6. The van der Waals surface area contributed by atoms with Crippen LogP contribution in [0.2, 0.25) is 0 Å². The van der Waals surface area contributed by atoms with Gasteiger partial charge in [0, 0.05) is 19.3 Å². The number of aromatic nitrogens is 4. The van der Waals surface area contributed by atoms with Crippen LogP contribution in [0.25, 0.3) is 22.6 Å². The van der Waals surface area contributed by atoms with E-state index in [4.69, 9.17) is 9.97 Å². The smallest absolute Gasteiger partial charge is 0.221 e. The van der Waals surface area contributed by atoms with Gasteiger partial charge in [-0.25, -0.2) is 9.97 Å². The third-order valence-electron chi connectivity index (χ3n) is 7.03. The van der Waals surface area contributed by atoms with Crippen molar-refractivity contribution >= 4 is 16.9 Å². The summed E-state index contributed by atoms with van der Waals surface area (Å²) in [6.45, 7) is 13.9. The molecule has 0 saturated heterocycles. The minimum atomic E-state index is 0.869. The Morgan fingerprint density at radius 1 is 0.914 bits per heavy atom. The highest BCUT2D eigenvalue weighted by molar-refractivity contribution is 5.81. The molecule has 0 aliphatic heterocycles. The van der Waals surface area contributed by atoms with E-state index in [1.165, 1.54) is 39.3 Å². The van der Waals surface area contributed by atoms with E-state index in [9.17, 15) is 0 Å². The van der Waals surface area contributed by atoms with Crippen molar-refractivity contribution in [2.45, 2.75) is 54.0 Å². The van der Waals surface area contributed by atoms with E-state index >= 15 is 0 Å². The molecule has 0 bridgehead atoms. The summed E-state index contributed by atoms with van der Waals surface area (Å²) < 4.78 is 4.62. The van der Waals surface area contributed by atoms with Gasteiger partial charge in [0.05, 0.1) is 22.6 Å². The summed E-state index contributed by atoms with van der Waals surface area (Å²) >= 11 is 0. The molecular weight excluding hydrogens is 430 g/mol. The number of hydrogen-bond acceptors (Lipinski definition) is 3. The molecule has 35 heavy (non-hydrogen) atoms. The first-order valence-corrected chi connectivity index (χ1v) is 12.7. The maximum Gasteiger partial charge on any atom is 0.221 e. The van der Waals surface area contributed by atoms with E-state index in [2.05, 4.69) is 97.0 Å². The van der Waals surface area contributed by atoms with E-state index in [-0.39, 0.29) is 0 Å².